The standard InChI is InChI=1S/C37H30N4O4S/c1-3-44-30-19-15-28(16-20-30)34-33(35(42)40-29-7-5-4-6-8-29)24(2)39-37-41(34)36(43)32(46-37)21-25-13-17-31(18-14-25)45-23-27-11-9-26(22-38)10-12-27/h4-21,34H,3,23H2,1-2H3,(H,40,42)/b32-21-/t34-/m1/s1. The fraction of sp³-hybridized carbons (Fsp3) is 0.135. The van der Waals surface area contributed by atoms with Gasteiger partial charge in [0.25, 0.3) is 11.5 Å². The third-order valence-electron chi connectivity index (χ3n) is 7.47. The Balaban J connectivity index is 1.32. The Morgan fingerprint density at radius 1 is 0.957 bits per heavy atom. The molecule has 1 N–H and O–H groups in total. The lowest BCUT2D eigenvalue weighted by atomic mass is 9.95. The van der Waals surface area contributed by atoms with Gasteiger partial charge >= 0.3 is 0 Å². The molecule has 0 saturated carbocycles. The van der Waals surface area contributed by atoms with Gasteiger partial charge in [0.05, 0.1) is 40.1 Å². The first kappa shape index (κ1) is 30.3. The molecule has 0 aliphatic carbocycles. The molecule has 0 unspecified atom stereocenters. The number of ether oxygens (including phenoxy) is 2. The number of para-hydroxylation sites is 1. The number of hydrogen-bond acceptors (Lipinski definition) is 7. The van der Waals surface area contributed by atoms with Crippen LogP contribution in [0.25, 0.3) is 6.08 Å². The molecule has 1 aromatic heterocycles. The number of aromatic nitrogens is 1. The molecule has 0 saturated heterocycles. The average molecular weight is 627 g/mol. The summed E-state index contributed by atoms with van der Waals surface area (Å²) in [6.07, 6.45) is 1.83. The van der Waals surface area contributed by atoms with Crippen LogP contribution in [-0.4, -0.2) is 17.1 Å². The van der Waals surface area contributed by atoms with E-state index in [1.54, 1.807) is 23.6 Å². The number of carbonyl (C=O) groups excluding carboxylic acids is 1. The predicted octanol–water partition coefficient (Wildman–Crippen LogP) is 5.72. The molecule has 0 radical (unpaired) electrons. The zero-order chi connectivity index (χ0) is 32.0. The van der Waals surface area contributed by atoms with Crippen molar-refractivity contribution in [1.29, 1.82) is 5.26 Å². The molecular weight excluding hydrogens is 596 g/mol. The number of fused-ring (bicyclic) bond motifs is 1. The summed E-state index contributed by atoms with van der Waals surface area (Å²) in [5.41, 5.74) is 4.52. The van der Waals surface area contributed by atoms with E-state index in [0.717, 1.165) is 16.7 Å². The minimum atomic E-state index is -0.684. The molecule has 4 aromatic carbocycles. The van der Waals surface area contributed by atoms with Gasteiger partial charge in [-0.25, -0.2) is 4.99 Å². The number of nitrogens with one attached hydrogen (secondary N) is 1. The van der Waals surface area contributed by atoms with Gasteiger partial charge in [0.15, 0.2) is 4.80 Å². The Morgan fingerprint density at radius 3 is 2.30 bits per heavy atom. The average Bonchev–Trinajstić information content (AvgIpc) is 3.38. The molecule has 0 bridgehead atoms. The second-order valence-electron chi connectivity index (χ2n) is 10.6. The third kappa shape index (κ3) is 6.53. The Labute approximate surface area is 269 Å². The van der Waals surface area contributed by atoms with Crippen LogP contribution < -0.4 is 29.7 Å². The van der Waals surface area contributed by atoms with E-state index in [2.05, 4.69) is 11.4 Å². The first-order valence-electron chi connectivity index (χ1n) is 14.8. The normalized spacial score (nSPS) is 14.2. The van der Waals surface area contributed by atoms with E-state index >= 15 is 0 Å². The maximum Gasteiger partial charge on any atom is 0.271 e. The van der Waals surface area contributed by atoms with Crippen LogP contribution in [0.4, 0.5) is 5.69 Å². The second kappa shape index (κ2) is 13.5. The van der Waals surface area contributed by atoms with Gasteiger partial charge in [-0.3, -0.25) is 14.2 Å². The maximum absolute atomic E-state index is 14.0. The van der Waals surface area contributed by atoms with Crippen molar-refractivity contribution in [3.8, 4) is 17.6 Å². The van der Waals surface area contributed by atoms with E-state index in [9.17, 15) is 9.59 Å². The topological polar surface area (TPSA) is 106 Å². The third-order valence-corrected chi connectivity index (χ3v) is 8.45. The summed E-state index contributed by atoms with van der Waals surface area (Å²) in [6, 6.07) is 32.9. The number of thiazole rings is 1. The molecule has 2 heterocycles. The van der Waals surface area contributed by atoms with E-state index in [-0.39, 0.29) is 11.5 Å². The number of amides is 1. The number of rotatable bonds is 9. The summed E-state index contributed by atoms with van der Waals surface area (Å²) in [5.74, 6) is 1.07. The lowest BCUT2D eigenvalue weighted by Crippen LogP contribution is -2.40. The van der Waals surface area contributed by atoms with Crippen molar-refractivity contribution in [2.24, 2.45) is 4.99 Å². The van der Waals surface area contributed by atoms with Crippen molar-refractivity contribution in [3.63, 3.8) is 0 Å². The predicted molar refractivity (Wildman–Crippen MR) is 178 cm³/mol. The molecule has 1 aliphatic rings. The zero-order valence-corrected chi connectivity index (χ0v) is 26.1. The number of nitriles is 1. The molecule has 5 aromatic rings. The molecule has 0 spiro atoms. The summed E-state index contributed by atoms with van der Waals surface area (Å²) in [5, 5.41) is 12.0. The highest BCUT2D eigenvalue weighted by molar-refractivity contribution is 7.07. The molecule has 46 heavy (non-hydrogen) atoms. The Morgan fingerprint density at radius 2 is 1.63 bits per heavy atom. The van der Waals surface area contributed by atoms with Crippen molar-refractivity contribution in [1.82, 2.24) is 4.57 Å². The number of allylic oxidation sites excluding steroid dienone is 1. The highest BCUT2D eigenvalue weighted by Crippen LogP contribution is 2.32. The minimum Gasteiger partial charge on any atom is -0.494 e. The minimum absolute atomic E-state index is 0.235. The second-order valence-corrected chi connectivity index (χ2v) is 11.6. The molecular formula is C37H30N4O4S. The summed E-state index contributed by atoms with van der Waals surface area (Å²) in [7, 11) is 0. The summed E-state index contributed by atoms with van der Waals surface area (Å²) in [6.45, 7) is 4.62. The van der Waals surface area contributed by atoms with Gasteiger partial charge < -0.3 is 14.8 Å². The highest BCUT2D eigenvalue weighted by atomic mass is 32.1. The van der Waals surface area contributed by atoms with Gasteiger partial charge in [0.2, 0.25) is 0 Å². The van der Waals surface area contributed by atoms with Crippen molar-refractivity contribution < 1.29 is 14.3 Å². The van der Waals surface area contributed by atoms with Gasteiger partial charge in [-0.15, -0.1) is 0 Å². The fourth-order valence-electron chi connectivity index (χ4n) is 5.21. The molecule has 1 amide bonds. The number of anilines is 1. The zero-order valence-electron chi connectivity index (χ0n) is 25.3. The molecule has 1 aliphatic heterocycles. The number of hydrogen-bond donors (Lipinski definition) is 1. The highest BCUT2D eigenvalue weighted by Gasteiger charge is 2.32. The molecule has 228 valence electrons. The smallest absolute Gasteiger partial charge is 0.271 e. The van der Waals surface area contributed by atoms with Crippen molar-refractivity contribution >= 4 is 29.0 Å². The summed E-state index contributed by atoms with van der Waals surface area (Å²) in [4.78, 5) is 33.0. The Hall–Kier alpha value is -5.72. The first-order chi connectivity index (χ1) is 22.4. The van der Waals surface area contributed by atoms with Gasteiger partial charge in [-0.1, -0.05) is 65.9 Å². The van der Waals surface area contributed by atoms with Crippen LogP contribution in [0.1, 0.15) is 42.1 Å². The van der Waals surface area contributed by atoms with Crippen LogP contribution in [0.3, 0.4) is 0 Å². The van der Waals surface area contributed by atoms with Crippen LogP contribution in [0.2, 0.25) is 0 Å². The van der Waals surface area contributed by atoms with Crippen LogP contribution in [-0.2, 0) is 11.4 Å². The lowest BCUT2D eigenvalue weighted by molar-refractivity contribution is -0.113. The van der Waals surface area contributed by atoms with Gasteiger partial charge in [-0.05, 0) is 85.1 Å². The van der Waals surface area contributed by atoms with E-state index in [1.165, 1.54) is 11.3 Å². The Bertz CT molecular complexity index is 2130. The molecule has 1 atom stereocenters. The van der Waals surface area contributed by atoms with Gasteiger partial charge in [-0.2, -0.15) is 5.26 Å². The van der Waals surface area contributed by atoms with Gasteiger partial charge in [0, 0.05) is 5.69 Å². The van der Waals surface area contributed by atoms with Crippen molar-refractivity contribution in [3.05, 3.63) is 156 Å². The number of carbonyl (C=O) groups is 1. The molecule has 6 rings (SSSR count). The van der Waals surface area contributed by atoms with E-state index < -0.39 is 6.04 Å². The monoisotopic (exact) mass is 626 g/mol. The molecule has 8 nitrogen and oxygen atoms in total. The van der Waals surface area contributed by atoms with Crippen LogP contribution >= 0.6 is 11.3 Å². The largest absolute Gasteiger partial charge is 0.494 e. The quantitative estimate of drug-likeness (QED) is 0.225. The van der Waals surface area contributed by atoms with E-state index in [0.29, 0.717) is 56.6 Å². The van der Waals surface area contributed by atoms with E-state index in [4.69, 9.17) is 19.7 Å². The maximum atomic E-state index is 14.0. The molecule has 9 heteroatoms. The lowest BCUT2D eigenvalue weighted by Gasteiger charge is -2.25. The summed E-state index contributed by atoms with van der Waals surface area (Å²) >= 11 is 1.29. The van der Waals surface area contributed by atoms with Crippen molar-refractivity contribution in [2.75, 3.05) is 11.9 Å². The van der Waals surface area contributed by atoms with Gasteiger partial charge in [0.1, 0.15) is 18.1 Å². The first-order valence-corrected chi connectivity index (χ1v) is 15.6. The number of benzene rings is 4. The number of nitrogens with zero attached hydrogens (tertiary/aromatic N) is 3. The fourth-order valence-corrected chi connectivity index (χ4v) is 6.26. The van der Waals surface area contributed by atoms with Crippen LogP contribution in [0.15, 0.2) is 124 Å². The summed E-state index contributed by atoms with van der Waals surface area (Å²) < 4.78 is 13.7. The SMILES string of the molecule is CCOc1ccc([C@@H]2C(C(=O)Nc3ccccc3)=C(C)N=c3s/c(=C\c4ccc(OCc5ccc(C#N)cc5)cc4)c(=O)n32)cc1. The molecule has 0 fully saturated rings. The van der Waals surface area contributed by atoms with E-state index in [1.807, 2.05) is 104 Å². The Kier molecular flexibility index (Phi) is 8.90. The van der Waals surface area contributed by atoms with Crippen LogP contribution in [0, 0.1) is 11.3 Å². The van der Waals surface area contributed by atoms with Crippen LogP contribution in [0.5, 0.6) is 11.5 Å². The van der Waals surface area contributed by atoms with Crippen molar-refractivity contribution in [2.45, 2.75) is 26.5 Å².